The number of Topliss-reactive ketones (excluding diaryl/α,β-unsaturated/α-hetero) is 1. The van der Waals surface area contributed by atoms with Crippen molar-refractivity contribution in [3.8, 4) is 0 Å². The maximum absolute atomic E-state index is 13.1. The van der Waals surface area contributed by atoms with Gasteiger partial charge in [0.25, 0.3) is 0 Å². The molecule has 1 aromatic carbocycles. The van der Waals surface area contributed by atoms with Crippen LogP contribution in [0.5, 0.6) is 0 Å². The fourth-order valence-corrected chi connectivity index (χ4v) is 1.18. The standard InChI is InChI=1S/C11H14FNO/c1-7-3-4-9(6-10(7)12)11(14)5-8(2)13/h3-4,6,8H,5,13H2,1-2H3. The normalized spacial score (nSPS) is 12.6. The van der Waals surface area contributed by atoms with E-state index >= 15 is 0 Å². The van der Waals surface area contributed by atoms with E-state index in [1.807, 2.05) is 0 Å². The molecule has 1 atom stereocenters. The summed E-state index contributed by atoms with van der Waals surface area (Å²) in [7, 11) is 0. The molecule has 0 saturated carbocycles. The Morgan fingerprint density at radius 3 is 2.71 bits per heavy atom. The zero-order valence-electron chi connectivity index (χ0n) is 8.38. The molecule has 0 radical (unpaired) electrons. The van der Waals surface area contributed by atoms with E-state index in [2.05, 4.69) is 0 Å². The van der Waals surface area contributed by atoms with Crippen LogP contribution in [0.1, 0.15) is 29.3 Å². The van der Waals surface area contributed by atoms with E-state index in [1.165, 1.54) is 6.07 Å². The molecule has 0 bridgehead atoms. The van der Waals surface area contributed by atoms with E-state index in [0.717, 1.165) is 0 Å². The molecule has 1 aromatic rings. The first-order chi connectivity index (χ1) is 6.50. The van der Waals surface area contributed by atoms with Gasteiger partial charge in [0.15, 0.2) is 5.78 Å². The van der Waals surface area contributed by atoms with Crippen LogP contribution in [0.3, 0.4) is 0 Å². The van der Waals surface area contributed by atoms with Crippen LogP contribution in [0.15, 0.2) is 18.2 Å². The first-order valence-electron chi connectivity index (χ1n) is 4.55. The lowest BCUT2D eigenvalue weighted by Crippen LogP contribution is -2.19. The highest BCUT2D eigenvalue weighted by Crippen LogP contribution is 2.11. The van der Waals surface area contributed by atoms with Crippen molar-refractivity contribution in [3.63, 3.8) is 0 Å². The number of carbonyl (C=O) groups is 1. The molecular weight excluding hydrogens is 181 g/mol. The van der Waals surface area contributed by atoms with Gasteiger partial charge in [0, 0.05) is 18.0 Å². The van der Waals surface area contributed by atoms with Gasteiger partial charge in [0.2, 0.25) is 0 Å². The van der Waals surface area contributed by atoms with Crippen molar-refractivity contribution in [3.05, 3.63) is 35.1 Å². The highest BCUT2D eigenvalue weighted by atomic mass is 19.1. The van der Waals surface area contributed by atoms with Gasteiger partial charge in [-0.2, -0.15) is 0 Å². The highest BCUT2D eigenvalue weighted by molar-refractivity contribution is 5.96. The van der Waals surface area contributed by atoms with Crippen molar-refractivity contribution in [2.45, 2.75) is 26.3 Å². The quantitative estimate of drug-likeness (QED) is 0.750. The number of rotatable bonds is 3. The van der Waals surface area contributed by atoms with E-state index in [9.17, 15) is 9.18 Å². The lowest BCUT2D eigenvalue weighted by molar-refractivity contribution is 0.0976. The van der Waals surface area contributed by atoms with Gasteiger partial charge in [-0.3, -0.25) is 4.79 Å². The number of aryl methyl sites for hydroxylation is 1. The second-order valence-corrected chi connectivity index (χ2v) is 3.57. The van der Waals surface area contributed by atoms with E-state index in [-0.39, 0.29) is 24.1 Å². The van der Waals surface area contributed by atoms with Gasteiger partial charge >= 0.3 is 0 Å². The van der Waals surface area contributed by atoms with Crippen LogP contribution in [0, 0.1) is 12.7 Å². The first kappa shape index (κ1) is 10.9. The molecule has 0 heterocycles. The topological polar surface area (TPSA) is 43.1 Å². The molecule has 14 heavy (non-hydrogen) atoms. The summed E-state index contributed by atoms with van der Waals surface area (Å²) in [6.45, 7) is 3.41. The van der Waals surface area contributed by atoms with Crippen LogP contribution in [-0.4, -0.2) is 11.8 Å². The minimum Gasteiger partial charge on any atom is -0.328 e. The molecule has 1 rings (SSSR count). The van der Waals surface area contributed by atoms with Gasteiger partial charge in [0.05, 0.1) is 0 Å². The third-order valence-electron chi connectivity index (χ3n) is 2.00. The van der Waals surface area contributed by atoms with Crippen molar-refractivity contribution in [2.75, 3.05) is 0 Å². The molecule has 3 heteroatoms. The molecule has 2 N–H and O–H groups in total. The minimum absolute atomic E-state index is 0.112. The zero-order chi connectivity index (χ0) is 10.7. The number of nitrogens with two attached hydrogens (primary N) is 1. The fraction of sp³-hybridized carbons (Fsp3) is 0.364. The summed E-state index contributed by atoms with van der Waals surface area (Å²) < 4.78 is 13.1. The number of benzene rings is 1. The number of hydrogen-bond donors (Lipinski definition) is 1. The molecule has 0 saturated heterocycles. The third kappa shape index (κ3) is 2.64. The smallest absolute Gasteiger partial charge is 0.164 e. The molecular formula is C11H14FNO. The predicted molar refractivity (Wildman–Crippen MR) is 53.7 cm³/mol. The van der Waals surface area contributed by atoms with Gasteiger partial charge in [0.1, 0.15) is 5.82 Å². The number of hydrogen-bond acceptors (Lipinski definition) is 2. The average Bonchev–Trinajstić information content (AvgIpc) is 2.08. The van der Waals surface area contributed by atoms with Crippen LogP contribution in [0.4, 0.5) is 4.39 Å². The van der Waals surface area contributed by atoms with Gasteiger partial charge in [-0.1, -0.05) is 12.1 Å². The molecule has 0 aliphatic heterocycles. The van der Waals surface area contributed by atoms with Gasteiger partial charge in [-0.25, -0.2) is 4.39 Å². The van der Waals surface area contributed by atoms with Gasteiger partial charge in [-0.15, -0.1) is 0 Å². The van der Waals surface area contributed by atoms with Crippen molar-refractivity contribution in [1.29, 1.82) is 0 Å². The summed E-state index contributed by atoms with van der Waals surface area (Å²) in [5, 5.41) is 0. The molecule has 0 amide bonds. The number of carbonyl (C=O) groups excluding carboxylic acids is 1. The molecule has 0 spiro atoms. The van der Waals surface area contributed by atoms with E-state index in [4.69, 9.17) is 5.73 Å². The first-order valence-corrected chi connectivity index (χ1v) is 4.55. The van der Waals surface area contributed by atoms with Crippen molar-refractivity contribution in [2.24, 2.45) is 5.73 Å². The third-order valence-corrected chi connectivity index (χ3v) is 2.00. The SMILES string of the molecule is Cc1ccc(C(=O)CC(C)N)cc1F. The largest absolute Gasteiger partial charge is 0.328 e. The molecule has 76 valence electrons. The average molecular weight is 195 g/mol. The van der Waals surface area contributed by atoms with Crippen LogP contribution in [0.2, 0.25) is 0 Å². The maximum Gasteiger partial charge on any atom is 0.164 e. The van der Waals surface area contributed by atoms with Crippen LogP contribution in [-0.2, 0) is 0 Å². The Morgan fingerprint density at radius 2 is 2.21 bits per heavy atom. The molecule has 0 aliphatic rings. The summed E-state index contributed by atoms with van der Waals surface area (Å²) >= 11 is 0. The second kappa shape index (κ2) is 4.33. The minimum atomic E-state index is -0.347. The Morgan fingerprint density at radius 1 is 1.57 bits per heavy atom. The van der Waals surface area contributed by atoms with Crippen LogP contribution in [0.25, 0.3) is 0 Å². The summed E-state index contributed by atoms with van der Waals surface area (Å²) in [6, 6.07) is 4.30. The summed E-state index contributed by atoms with van der Waals surface area (Å²) in [5.74, 6) is -0.459. The molecule has 0 aliphatic carbocycles. The molecule has 2 nitrogen and oxygen atoms in total. The van der Waals surface area contributed by atoms with Crippen LogP contribution >= 0.6 is 0 Å². The summed E-state index contributed by atoms with van der Waals surface area (Å²) in [4.78, 5) is 11.5. The van der Waals surface area contributed by atoms with Crippen LogP contribution < -0.4 is 5.73 Å². The number of halogens is 1. The van der Waals surface area contributed by atoms with E-state index < -0.39 is 0 Å². The van der Waals surface area contributed by atoms with Crippen molar-refractivity contribution in [1.82, 2.24) is 0 Å². The van der Waals surface area contributed by atoms with Gasteiger partial charge in [-0.05, 0) is 25.5 Å². The van der Waals surface area contributed by atoms with E-state index in [0.29, 0.717) is 11.1 Å². The maximum atomic E-state index is 13.1. The van der Waals surface area contributed by atoms with Crippen molar-refractivity contribution < 1.29 is 9.18 Å². The number of ketones is 1. The lowest BCUT2D eigenvalue weighted by atomic mass is 10.0. The monoisotopic (exact) mass is 195 g/mol. The zero-order valence-corrected chi connectivity index (χ0v) is 8.38. The highest BCUT2D eigenvalue weighted by Gasteiger charge is 2.09. The molecule has 1 unspecified atom stereocenters. The lowest BCUT2D eigenvalue weighted by Gasteiger charge is -2.05. The van der Waals surface area contributed by atoms with Crippen molar-refractivity contribution >= 4 is 5.78 Å². The Labute approximate surface area is 82.9 Å². The summed E-state index contributed by atoms with van der Waals surface area (Å²) in [6.07, 6.45) is 0.252. The fourth-order valence-electron chi connectivity index (χ4n) is 1.18. The Balaban J connectivity index is 2.86. The Hall–Kier alpha value is -1.22. The predicted octanol–water partition coefficient (Wildman–Crippen LogP) is 2.05. The second-order valence-electron chi connectivity index (χ2n) is 3.57. The van der Waals surface area contributed by atoms with E-state index in [1.54, 1.807) is 26.0 Å². The Bertz CT molecular complexity index is 347. The Kier molecular flexibility index (Phi) is 3.36. The summed E-state index contributed by atoms with van der Waals surface area (Å²) in [5.41, 5.74) is 6.42. The molecule has 0 fully saturated rings. The molecule has 0 aromatic heterocycles. The van der Waals surface area contributed by atoms with Gasteiger partial charge < -0.3 is 5.73 Å².